The zero-order chi connectivity index (χ0) is 16.6. The van der Waals surface area contributed by atoms with E-state index in [1.807, 2.05) is 6.07 Å². The van der Waals surface area contributed by atoms with Crippen LogP contribution in [-0.4, -0.2) is 52.7 Å². The number of carboxylic acids is 1. The van der Waals surface area contributed by atoms with Gasteiger partial charge >= 0.3 is 5.97 Å². The first-order valence-corrected chi connectivity index (χ1v) is 7.50. The molecule has 3 rings (SSSR count). The average Bonchev–Trinajstić information content (AvgIpc) is 2.98. The fraction of sp³-hybridized carbons (Fsp3) is 0.312. The number of rotatable bonds is 3. The number of carboxylic acid groups (broad SMARTS) is 1. The second-order valence-corrected chi connectivity index (χ2v) is 5.87. The molecule has 1 aromatic carbocycles. The summed E-state index contributed by atoms with van der Waals surface area (Å²) in [5.41, 5.74) is 0.792. The third kappa shape index (κ3) is 3.00. The summed E-state index contributed by atoms with van der Waals surface area (Å²) in [6.07, 6.45) is -0.00767. The molecular formula is C16H15ClN2O4. The Hall–Kier alpha value is -2.18. The Balaban J connectivity index is 1.94. The Bertz CT molecular complexity index is 780. The van der Waals surface area contributed by atoms with Gasteiger partial charge < -0.3 is 14.7 Å². The molecule has 6 nitrogen and oxygen atoms in total. The van der Waals surface area contributed by atoms with Crippen molar-refractivity contribution in [2.24, 2.45) is 0 Å². The number of aliphatic carboxylic acids is 1. The van der Waals surface area contributed by atoms with E-state index in [-0.39, 0.29) is 24.8 Å². The van der Waals surface area contributed by atoms with Gasteiger partial charge in [-0.05, 0) is 18.2 Å². The van der Waals surface area contributed by atoms with E-state index in [2.05, 4.69) is 4.98 Å². The average molecular weight is 335 g/mol. The lowest BCUT2D eigenvalue weighted by atomic mass is 10.2. The molecule has 2 unspecified atom stereocenters. The summed E-state index contributed by atoms with van der Waals surface area (Å²) in [6.45, 7) is 0.238. The molecule has 1 amide bonds. The summed E-state index contributed by atoms with van der Waals surface area (Å²) in [6, 6.07) is 7.70. The molecule has 23 heavy (non-hydrogen) atoms. The molecule has 1 aliphatic rings. The molecule has 0 radical (unpaired) electrons. The molecule has 0 spiro atoms. The summed E-state index contributed by atoms with van der Waals surface area (Å²) in [4.78, 5) is 29.7. The van der Waals surface area contributed by atoms with E-state index in [0.29, 0.717) is 10.5 Å². The highest BCUT2D eigenvalue weighted by Crippen LogP contribution is 2.24. The van der Waals surface area contributed by atoms with E-state index in [1.165, 1.54) is 12.0 Å². The lowest BCUT2D eigenvalue weighted by molar-refractivity contribution is -0.141. The zero-order valence-corrected chi connectivity index (χ0v) is 13.2. The molecule has 0 bridgehead atoms. The number of benzene rings is 1. The largest absolute Gasteiger partial charge is 0.480 e. The molecule has 7 heteroatoms. The third-order valence-electron chi connectivity index (χ3n) is 4.02. The molecular weight excluding hydrogens is 320 g/mol. The van der Waals surface area contributed by atoms with Crippen LogP contribution < -0.4 is 0 Å². The minimum atomic E-state index is -1.04. The quantitative estimate of drug-likeness (QED) is 0.930. The van der Waals surface area contributed by atoms with Crippen LogP contribution in [0.1, 0.15) is 16.9 Å². The number of carbonyl (C=O) groups excluding carboxylic acids is 1. The van der Waals surface area contributed by atoms with Crippen molar-refractivity contribution in [3.05, 3.63) is 41.0 Å². The molecule has 1 saturated heterocycles. The third-order valence-corrected chi connectivity index (χ3v) is 4.25. The van der Waals surface area contributed by atoms with Gasteiger partial charge in [-0.2, -0.15) is 0 Å². The number of likely N-dealkylation sites (tertiary alicyclic amines) is 1. The summed E-state index contributed by atoms with van der Waals surface area (Å²) >= 11 is 5.95. The number of fused-ring (bicyclic) bond motifs is 1. The smallest absolute Gasteiger partial charge is 0.326 e. The van der Waals surface area contributed by atoms with Crippen LogP contribution >= 0.6 is 11.6 Å². The Morgan fingerprint density at radius 2 is 2.09 bits per heavy atom. The first-order chi connectivity index (χ1) is 11.0. The molecule has 0 aliphatic carbocycles. The lowest BCUT2D eigenvalue weighted by Gasteiger charge is -2.20. The van der Waals surface area contributed by atoms with Gasteiger partial charge in [0.05, 0.1) is 11.6 Å². The second kappa shape index (κ2) is 6.14. The molecule has 0 saturated carbocycles. The number of hydrogen-bond acceptors (Lipinski definition) is 4. The van der Waals surface area contributed by atoms with E-state index in [1.54, 1.807) is 24.3 Å². The van der Waals surface area contributed by atoms with Crippen LogP contribution in [0.25, 0.3) is 10.9 Å². The minimum Gasteiger partial charge on any atom is -0.480 e. The number of methoxy groups -OCH3 is 1. The molecule has 2 aromatic rings. The summed E-state index contributed by atoms with van der Waals surface area (Å²) < 4.78 is 5.20. The topological polar surface area (TPSA) is 79.7 Å². The van der Waals surface area contributed by atoms with Gasteiger partial charge in [0.1, 0.15) is 11.7 Å². The zero-order valence-electron chi connectivity index (χ0n) is 12.4. The fourth-order valence-corrected chi connectivity index (χ4v) is 2.95. The summed E-state index contributed by atoms with van der Waals surface area (Å²) in [5, 5.41) is 10.7. The first-order valence-electron chi connectivity index (χ1n) is 7.12. The number of pyridine rings is 1. The number of amides is 1. The summed E-state index contributed by atoms with van der Waals surface area (Å²) in [5.74, 6) is -1.46. The molecule has 2 atom stereocenters. The Kier molecular flexibility index (Phi) is 4.19. The van der Waals surface area contributed by atoms with E-state index in [0.717, 1.165) is 5.39 Å². The Labute approximate surface area is 137 Å². The fourth-order valence-electron chi connectivity index (χ4n) is 2.78. The Morgan fingerprint density at radius 1 is 1.35 bits per heavy atom. The van der Waals surface area contributed by atoms with Crippen LogP contribution in [0, 0.1) is 0 Å². The van der Waals surface area contributed by atoms with Crippen molar-refractivity contribution >= 4 is 34.4 Å². The van der Waals surface area contributed by atoms with Crippen molar-refractivity contribution in [1.82, 2.24) is 9.88 Å². The molecule has 1 aromatic heterocycles. The maximum atomic E-state index is 12.7. The van der Waals surface area contributed by atoms with Gasteiger partial charge in [-0.25, -0.2) is 9.78 Å². The summed E-state index contributed by atoms with van der Waals surface area (Å²) in [7, 11) is 1.51. The lowest BCUT2D eigenvalue weighted by Crippen LogP contribution is -2.40. The van der Waals surface area contributed by atoms with E-state index >= 15 is 0 Å². The van der Waals surface area contributed by atoms with Crippen molar-refractivity contribution in [3.63, 3.8) is 0 Å². The van der Waals surface area contributed by atoms with Crippen LogP contribution in [0.5, 0.6) is 0 Å². The molecule has 1 N–H and O–H groups in total. The van der Waals surface area contributed by atoms with Crippen molar-refractivity contribution in [2.45, 2.75) is 18.6 Å². The van der Waals surface area contributed by atoms with Gasteiger partial charge in [0.15, 0.2) is 0 Å². The normalized spacial score (nSPS) is 20.9. The molecule has 2 heterocycles. The number of aromatic nitrogens is 1. The monoisotopic (exact) mass is 334 g/mol. The van der Waals surface area contributed by atoms with Crippen LogP contribution in [0.4, 0.5) is 0 Å². The van der Waals surface area contributed by atoms with Crippen molar-refractivity contribution in [1.29, 1.82) is 0 Å². The van der Waals surface area contributed by atoms with Crippen molar-refractivity contribution < 1.29 is 19.4 Å². The van der Waals surface area contributed by atoms with Crippen LogP contribution in [0.15, 0.2) is 30.3 Å². The van der Waals surface area contributed by atoms with E-state index < -0.39 is 17.9 Å². The van der Waals surface area contributed by atoms with E-state index in [9.17, 15) is 14.7 Å². The van der Waals surface area contributed by atoms with Gasteiger partial charge in [0.2, 0.25) is 0 Å². The number of ether oxygens (including phenoxy) is 1. The predicted octanol–water partition coefficient (Wildman–Crippen LogP) is 2.20. The SMILES string of the molecule is COC1CC(C(=O)O)N(C(=O)c2ccc3ccc(Cl)cc3n2)C1. The molecule has 120 valence electrons. The number of nitrogens with zero attached hydrogens (tertiary/aromatic N) is 2. The molecule has 1 aliphatic heterocycles. The van der Waals surface area contributed by atoms with Gasteiger partial charge in [0.25, 0.3) is 5.91 Å². The predicted molar refractivity (Wildman–Crippen MR) is 84.6 cm³/mol. The number of hydrogen-bond donors (Lipinski definition) is 1. The standard InChI is InChI=1S/C16H15ClN2O4/c1-23-11-7-14(16(21)22)19(8-11)15(20)12-5-3-9-2-4-10(17)6-13(9)18-12/h2-6,11,14H,7-8H2,1H3,(H,21,22). The van der Waals surface area contributed by atoms with Crippen LogP contribution in [0.2, 0.25) is 5.02 Å². The second-order valence-electron chi connectivity index (χ2n) is 5.44. The highest BCUT2D eigenvalue weighted by molar-refractivity contribution is 6.31. The first kappa shape index (κ1) is 15.7. The number of halogens is 1. The van der Waals surface area contributed by atoms with Gasteiger partial charge in [-0.3, -0.25) is 4.79 Å². The van der Waals surface area contributed by atoms with Gasteiger partial charge in [-0.15, -0.1) is 0 Å². The van der Waals surface area contributed by atoms with Gasteiger partial charge in [-0.1, -0.05) is 23.7 Å². The Morgan fingerprint density at radius 3 is 2.78 bits per heavy atom. The van der Waals surface area contributed by atoms with Crippen LogP contribution in [0.3, 0.4) is 0 Å². The van der Waals surface area contributed by atoms with Gasteiger partial charge in [0, 0.05) is 30.5 Å². The molecule has 1 fully saturated rings. The van der Waals surface area contributed by atoms with Crippen LogP contribution in [-0.2, 0) is 9.53 Å². The highest BCUT2D eigenvalue weighted by Gasteiger charge is 2.40. The van der Waals surface area contributed by atoms with E-state index in [4.69, 9.17) is 16.3 Å². The highest BCUT2D eigenvalue weighted by atomic mass is 35.5. The maximum Gasteiger partial charge on any atom is 0.326 e. The maximum absolute atomic E-state index is 12.7. The van der Waals surface area contributed by atoms with Crippen molar-refractivity contribution in [2.75, 3.05) is 13.7 Å². The minimum absolute atomic E-state index is 0.197. The van der Waals surface area contributed by atoms with Crippen molar-refractivity contribution in [3.8, 4) is 0 Å². The number of carbonyl (C=O) groups is 2.